The van der Waals surface area contributed by atoms with Gasteiger partial charge >= 0.3 is 0 Å². The molecule has 120 valence electrons. The van der Waals surface area contributed by atoms with Crippen LogP contribution in [0.3, 0.4) is 0 Å². The number of para-hydroxylation sites is 1. The normalized spacial score (nSPS) is 11.9. The van der Waals surface area contributed by atoms with Gasteiger partial charge in [-0.25, -0.2) is 13.1 Å². The average Bonchev–Trinajstić information content (AvgIpc) is 2.85. The fraction of sp³-hybridized carbons (Fsp3) is 0.222. The van der Waals surface area contributed by atoms with Gasteiger partial charge in [0.15, 0.2) is 0 Å². The lowest BCUT2D eigenvalue weighted by Gasteiger charge is -2.06. The van der Waals surface area contributed by atoms with Crippen LogP contribution in [0, 0.1) is 0 Å². The molecule has 0 amide bonds. The van der Waals surface area contributed by atoms with Crippen LogP contribution in [-0.2, 0) is 29.2 Å². The van der Waals surface area contributed by atoms with Crippen LogP contribution in [0.15, 0.2) is 60.8 Å². The van der Waals surface area contributed by atoms with Crippen molar-refractivity contribution in [2.75, 3.05) is 6.54 Å². The molecule has 0 spiro atoms. The molecule has 5 heteroatoms. The van der Waals surface area contributed by atoms with Crippen molar-refractivity contribution >= 4 is 20.9 Å². The van der Waals surface area contributed by atoms with E-state index in [-0.39, 0.29) is 5.75 Å². The summed E-state index contributed by atoms with van der Waals surface area (Å²) >= 11 is 0. The summed E-state index contributed by atoms with van der Waals surface area (Å²) in [6.07, 6.45) is 2.74. The zero-order valence-electron chi connectivity index (χ0n) is 13.1. The van der Waals surface area contributed by atoms with E-state index in [9.17, 15) is 8.42 Å². The maximum Gasteiger partial charge on any atom is 0.215 e. The second-order valence-corrected chi connectivity index (χ2v) is 7.48. The fourth-order valence-corrected chi connectivity index (χ4v) is 3.96. The van der Waals surface area contributed by atoms with Crippen molar-refractivity contribution in [1.82, 2.24) is 9.29 Å². The monoisotopic (exact) mass is 328 g/mol. The molecule has 3 rings (SSSR count). The zero-order chi connectivity index (χ0) is 16.3. The fourth-order valence-electron chi connectivity index (χ4n) is 2.81. The molecule has 0 bridgehead atoms. The molecule has 23 heavy (non-hydrogen) atoms. The van der Waals surface area contributed by atoms with Crippen molar-refractivity contribution in [3.05, 3.63) is 71.9 Å². The molecule has 2 aromatic carbocycles. The number of benzene rings is 2. The van der Waals surface area contributed by atoms with E-state index in [0.717, 1.165) is 16.6 Å². The Morgan fingerprint density at radius 1 is 1.00 bits per heavy atom. The number of hydrogen-bond acceptors (Lipinski definition) is 2. The SMILES string of the molecule is Cn1cc(CCNS(=O)(=O)Cc2ccccc2)c2ccccc21. The standard InChI is InChI=1S/C18H20N2O2S/c1-20-13-16(17-9-5-6-10-18(17)20)11-12-19-23(21,22)14-15-7-3-2-4-8-15/h2-10,13,19H,11-12,14H2,1H3. The summed E-state index contributed by atoms with van der Waals surface area (Å²) in [7, 11) is -1.30. The second kappa shape index (κ2) is 6.56. The van der Waals surface area contributed by atoms with Gasteiger partial charge in [-0.2, -0.15) is 0 Å². The first-order valence-electron chi connectivity index (χ1n) is 7.59. The van der Waals surface area contributed by atoms with Crippen LogP contribution in [0.1, 0.15) is 11.1 Å². The maximum absolute atomic E-state index is 12.1. The Kier molecular flexibility index (Phi) is 4.50. The van der Waals surface area contributed by atoms with Crippen molar-refractivity contribution < 1.29 is 8.42 Å². The first-order valence-corrected chi connectivity index (χ1v) is 9.24. The molecule has 0 radical (unpaired) electrons. The van der Waals surface area contributed by atoms with Crippen LogP contribution >= 0.6 is 0 Å². The Labute approximate surface area is 136 Å². The summed E-state index contributed by atoms with van der Waals surface area (Å²) < 4.78 is 29.1. The Morgan fingerprint density at radius 2 is 1.70 bits per heavy atom. The molecule has 0 atom stereocenters. The van der Waals surface area contributed by atoms with Crippen molar-refractivity contribution in [2.45, 2.75) is 12.2 Å². The lowest BCUT2D eigenvalue weighted by Crippen LogP contribution is -2.27. The van der Waals surface area contributed by atoms with Gasteiger partial charge < -0.3 is 4.57 Å². The number of nitrogens with zero attached hydrogens (tertiary/aromatic N) is 1. The highest BCUT2D eigenvalue weighted by atomic mass is 32.2. The Morgan fingerprint density at radius 3 is 2.48 bits per heavy atom. The topological polar surface area (TPSA) is 51.1 Å². The van der Waals surface area contributed by atoms with Crippen LogP contribution in [0.25, 0.3) is 10.9 Å². The van der Waals surface area contributed by atoms with Crippen molar-refractivity contribution in [1.29, 1.82) is 0 Å². The highest BCUT2D eigenvalue weighted by Crippen LogP contribution is 2.20. The van der Waals surface area contributed by atoms with Crippen LogP contribution < -0.4 is 4.72 Å². The summed E-state index contributed by atoms with van der Waals surface area (Å²) in [5, 5.41) is 1.18. The van der Waals surface area contributed by atoms with Crippen LogP contribution in [0.5, 0.6) is 0 Å². The third-order valence-electron chi connectivity index (χ3n) is 3.90. The van der Waals surface area contributed by atoms with Crippen molar-refractivity contribution in [3.63, 3.8) is 0 Å². The summed E-state index contributed by atoms with van der Waals surface area (Å²) in [6, 6.07) is 17.4. The molecule has 0 aliphatic heterocycles. The molecule has 1 N–H and O–H groups in total. The number of rotatable bonds is 6. The van der Waals surface area contributed by atoms with E-state index in [0.29, 0.717) is 13.0 Å². The molecule has 0 aliphatic rings. The van der Waals surface area contributed by atoms with Gasteiger partial charge in [-0.1, -0.05) is 48.5 Å². The molecular weight excluding hydrogens is 308 g/mol. The highest BCUT2D eigenvalue weighted by molar-refractivity contribution is 7.88. The van der Waals surface area contributed by atoms with Gasteiger partial charge in [0.1, 0.15) is 0 Å². The number of nitrogens with one attached hydrogen (secondary N) is 1. The van der Waals surface area contributed by atoms with Crippen molar-refractivity contribution in [2.24, 2.45) is 7.05 Å². The largest absolute Gasteiger partial charge is 0.350 e. The number of sulfonamides is 1. The Balaban J connectivity index is 1.64. The third kappa shape index (κ3) is 3.81. The van der Waals surface area contributed by atoms with Crippen molar-refractivity contribution in [3.8, 4) is 0 Å². The summed E-state index contributed by atoms with van der Waals surface area (Å²) in [4.78, 5) is 0. The first-order chi connectivity index (χ1) is 11.1. The van der Waals surface area contributed by atoms with E-state index in [1.807, 2.05) is 49.5 Å². The number of fused-ring (bicyclic) bond motifs is 1. The lowest BCUT2D eigenvalue weighted by molar-refractivity contribution is 0.581. The van der Waals surface area contributed by atoms with Crippen LogP contribution in [0.2, 0.25) is 0 Å². The van der Waals surface area contributed by atoms with Gasteiger partial charge in [0.25, 0.3) is 0 Å². The van der Waals surface area contributed by atoms with E-state index in [1.165, 1.54) is 5.39 Å². The first kappa shape index (κ1) is 15.8. The molecule has 0 saturated carbocycles. The molecule has 0 fully saturated rings. The average molecular weight is 328 g/mol. The van der Waals surface area contributed by atoms with Gasteiger partial charge in [-0.3, -0.25) is 0 Å². The minimum absolute atomic E-state index is 0.0172. The molecule has 4 nitrogen and oxygen atoms in total. The minimum atomic E-state index is -3.31. The van der Waals surface area contributed by atoms with Crippen LogP contribution in [0.4, 0.5) is 0 Å². The van der Waals surface area contributed by atoms with Gasteiger partial charge in [0.05, 0.1) is 5.75 Å². The minimum Gasteiger partial charge on any atom is -0.350 e. The molecule has 0 unspecified atom stereocenters. The van der Waals surface area contributed by atoms with Gasteiger partial charge in [-0.15, -0.1) is 0 Å². The lowest BCUT2D eigenvalue weighted by atomic mass is 10.1. The molecule has 0 saturated heterocycles. The molecule has 1 heterocycles. The smallest absolute Gasteiger partial charge is 0.215 e. The van der Waals surface area contributed by atoms with Gasteiger partial charge in [-0.05, 0) is 23.6 Å². The Hall–Kier alpha value is -2.11. The summed E-state index contributed by atoms with van der Waals surface area (Å²) in [6.45, 7) is 0.406. The predicted molar refractivity (Wildman–Crippen MR) is 93.7 cm³/mol. The number of aromatic nitrogens is 1. The van der Waals surface area contributed by atoms with E-state index < -0.39 is 10.0 Å². The molecule has 0 aliphatic carbocycles. The molecule has 3 aromatic rings. The molecular formula is C18H20N2O2S. The van der Waals surface area contributed by atoms with Gasteiger partial charge in [0.2, 0.25) is 10.0 Å². The highest BCUT2D eigenvalue weighted by Gasteiger charge is 2.12. The number of aryl methyl sites for hydroxylation is 1. The van der Waals surface area contributed by atoms with Crippen LogP contribution in [-0.4, -0.2) is 19.5 Å². The predicted octanol–water partition coefficient (Wildman–Crippen LogP) is 2.84. The van der Waals surface area contributed by atoms with E-state index in [2.05, 4.69) is 27.6 Å². The zero-order valence-corrected chi connectivity index (χ0v) is 13.9. The summed E-state index contributed by atoms with van der Waals surface area (Å²) in [5.74, 6) is 0.0172. The number of hydrogen-bond donors (Lipinski definition) is 1. The summed E-state index contributed by atoms with van der Waals surface area (Å²) in [5.41, 5.74) is 3.12. The van der Waals surface area contributed by atoms with E-state index >= 15 is 0 Å². The maximum atomic E-state index is 12.1. The second-order valence-electron chi connectivity index (χ2n) is 5.67. The van der Waals surface area contributed by atoms with E-state index in [4.69, 9.17) is 0 Å². The Bertz CT molecular complexity index is 899. The quantitative estimate of drug-likeness (QED) is 0.756. The van der Waals surface area contributed by atoms with Gasteiger partial charge in [0, 0.05) is 30.7 Å². The van der Waals surface area contributed by atoms with E-state index in [1.54, 1.807) is 0 Å². The molecule has 1 aromatic heterocycles. The third-order valence-corrected chi connectivity index (χ3v) is 5.25.